The van der Waals surface area contributed by atoms with Crippen molar-refractivity contribution in [2.75, 3.05) is 26.3 Å². The normalized spacial score (nSPS) is 17.9. The van der Waals surface area contributed by atoms with Gasteiger partial charge >= 0.3 is 0 Å². The van der Waals surface area contributed by atoms with Crippen LogP contribution in [0.3, 0.4) is 0 Å². The molecule has 0 aromatic heterocycles. The minimum atomic E-state index is 0.139. The Hall–Kier alpha value is -0.900. The average molecular weight is 208 g/mol. The van der Waals surface area contributed by atoms with E-state index in [0.29, 0.717) is 0 Å². The fourth-order valence-electron chi connectivity index (χ4n) is 1.99. The Bertz CT molecular complexity index is 308. The highest BCUT2D eigenvalue weighted by Gasteiger charge is 2.15. The number of ether oxygens (including phenoxy) is 1. The van der Waals surface area contributed by atoms with Gasteiger partial charge in [0.05, 0.1) is 19.8 Å². The van der Waals surface area contributed by atoms with Gasteiger partial charge in [0.15, 0.2) is 0 Å². The van der Waals surface area contributed by atoms with Gasteiger partial charge in [0, 0.05) is 5.56 Å². The van der Waals surface area contributed by atoms with Crippen LogP contribution < -0.4 is 4.90 Å². The van der Waals surface area contributed by atoms with Gasteiger partial charge < -0.3 is 14.7 Å². The number of rotatable bonds is 3. The van der Waals surface area contributed by atoms with Gasteiger partial charge in [-0.05, 0) is 5.56 Å². The fraction of sp³-hybridized carbons (Fsp3) is 0.500. The standard InChI is InChI=1S/C12H17NO2/c14-10-12-4-2-1-3-11(12)9-13-5-7-15-8-6-13/h1-4,14H,5-10H2/p+1. The lowest BCUT2D eigenvalue weighted by Crippen LogP contribution is -3.12. The van der Waals surface area contributed by atoms with E-state index in [1.807, 2.05) is 18.2 Å². The van der Waals surface area contributed by atoms with Crippen LogP contribution in [0.2, 0.25) is 0 Å². The summed E-state index contributed by atoms with van der Waals surface area (Å²) in [7, 11) is 0. The summed E-state index contributed by atoms with van der Waals surface area (Å²) >= 11 is 0. The summed E-state index contributed by atoms with van der Waals surface area (Å²) in [6.45, 7) is 4.99. The summed E-state index contributed by atoms with van der Waals surface area (Å²) in [5.74, 6) is 0. The number of aliphatic hydroxyl groups excluding tert-OH is 1. The quantitative estimate of drug-likeness (QED) is 0.708. The van der Waals surface area contributed by atoms with Gasteiger partial charge in [0.2, 0.25) is 0 Å². The molecule has 0 radical (unpaired) electrons. The molecule has 82 valence electrons. The van der Waals surface area contributed by atoms with Crippen LogP contribution in [0.4, 0.5) is 0 Å². The second-order valence-electron chi connectivity index (χ2n) is 3.97. The minimum Gasteiger partial charge on any atom is -0.392 e. The van der Waals surface area contributed by atoms with Gasteiger partial charge in [0.25, 0.3) is 0 Å². The first kappa shape index (κ1) is 10.6. The van der Waals surface area contributed by atoms with E-state index in [-0.39, 0.29) is 6.61 Å². The number of nitrogens with one attached hydrogen (secondary N) is 1. The van der Waals surface area contributed by atoms with Crippen molar-refractivity contribution < 1.29 is 14.7 Å². The van der Waals surface area contributed by atoms with E-state index in [1.54, 1.807) is 4.90 Å². The number of quaternary nitrogens is 1. The van der Waals surface area contributed by atoms with Gasteiger partial charge in [-0.2, -0.15) is 0 Å². The van der Waals surface area contributed by atoms with Crippen molar-refractivity contribution in [2.24, 2.45) is 0 Å². The number of hydrogen-bond acceptors (Lipinski definition) is 2. The molecule has 1 heterocycles. The van der Waals surface area contributed by atoms with Crippen molar-refractivity contribution in [2.45, 2.75) is 13.2 Å². The molecule has 0 unspecified atom stereocenters. The van der Waals surface area contributed by atoms with Crippen LogP contribution in [-0.4, -0.2) is 31.4 Å². The largest absolute Gasteiger partial charge is 0.392 e. The maximum absolute atomic E-state index is 9.21. The molecule has 0 bridgehead atoms. The fourth-order valence-corrected chi connectivity index (χ4v) is 1.99. The van der Waals surface area contributed by atoms with Crippen LogP contribution in [0.1, 0.15) is 11.1 Å². The Balaban J connectivity index is 2.02. The molecule has 2 N–H and O–H groups in total. The van der Waals surface area contributed by atoms with Gasteiger partial charge in [0.1, 0.15) is 19.6 Å². The summed E-state index contributed by atoms with van der Waals surface area (Å²) in [6, 6.07) is 8.11. The Labute approximate surface area is 90.3 Å². The molecule has 1 fully saturated rings. The lowest BCUT2D eigenvalue weighted by molar-refractivity contribution is -0.921. The molecule has 1 saturated heterocycles. The van der Waals surface area contributed by atoms with E-state index in [0.717, 1.165) is 38.4 Å². The second-order valence-corrected chi connectivity index (χ2v) is 3.97. The van der Waals surface area contributed by atoms with Crippen molar-refractivity contribution in [1.82, 2.24) is 0 Å². The highest BCUT2D eigenvalue weighted by atomic mass is 16.5. The summed E-state index contributed by atoms with van der Waals surface area (Å²) < 4.78 is 5.32. The highest BCUT2D eigenvalue weighted by Crippen LogP contribution is 2.06. The topological polar surface area (TPSA) is 33.9 Å². The van der Waals surface area contributed by atoms with Crippen LogP contribution in [0.15, 0.2) is 24.3 Å². The molecule has 1 aliphatic heterocycles. The smallest absolute Gasteiger partial charge is 0.103 e. The molecule has 1 aliphatic rings. The van der Waals surface area contributed by atoms with E-state index in [2.05, 4.69) is 6.07 Å². The van der Waals surface area contributed by atoms with E-state index in [9.17, 15) is 5.11 Å². The van der Waals surface area contributed by atoms with Crippen molar-refractivity contribution in [3.63, 3.8) is 0 Å². The van der Waals surface area contributed by atoms with Gasteiger partial charge in [-0.25, -0.2) is 0 Å². The zero-order valence-electron chi connectivity index (χ0n) is 8.91. The third kappa shape index (κ3) is 2.78. The summed E-state index contributed by atoms with van der Waals surface area (Å²) in [5, 5.41) is 9.21. The monoisotopic (exact) mass is 208 g/mol. The Morgan fingerprint density at radius 2 is 1.80 bits per heavy atom. The molecular formula is C12H18NO2+. The SMILES string of the molecule is OCc1ccccc1C[NH+]1CCOCC1. The van der Waals surface area contributed by atoms with Gasteiger partial charge in [-0.1, -0.05) is 24.3 Å². The first-order chi connectivity index (χ1) is 7.40. The predicted molar refractivity (Wildman–Crippen MR) is 57.6 cm³/mol. The Morgan fingerprint density at radius 1 is 1.13 bits per heavy atom. The third-order valence-corrected chi connectivity index (χ3v) is 2.93. The first-order valence-electron chi connectivity index (χ1n) is 5.49. The third-order valence-electron chi connectivity index (χ3n) is 2.93. The summed E-state index contributed by atoms with van der Waals surface area (Å²) in [6.07, 6.45) is 0. The van der Waals surface area contributed by atoms with Crippen molar-refractivity contribution in [3.8, 4) is 0 Å². The molecule has 0 spiro atoms. The zero-order chi connectivity index (χ0) is 10.5. The highest BCUT2D eigenvalue weighted by molar-refractivity contribution is 5.25. The van der Waals surface area contributed by atoms with Crippen LogP contribution in [0, 0.1) is 0 Å². The van der Waals surface area contributed by atoms with Crippen molar-refractivity contribution >= 4 is 0 Å². The van der Waals surface area contributed by atoms with Crippen LogP contribution in [0.5, 0.6) is 0 Å². The van der Waals surface area contributed by atoms with Crippen LogP contribution >= 0.6 is 0 Å². The minimum absolute atomic E-state index is 0.139. The Morgan fingerprint density at radius 3 is 2.47 bits per heavy atom. The number of hydrogen-bond donors (Lipinski definition) is 2. The molecule has 0 aliphatic carbocycles. The number of aliphatic hydroxyl groups is 1. The molecule has 3 heteroatoms. The molecule has 3 nitrogen and oxygen atoms in total. The Kier molecular flexibility index (Phi) is 3.72. The first-order valence-corrected chi connectivity index (χ1v) is 5.49. The molecule has 1 aromatic carbocycles. The molecule has 0 saturated carbocycles. The van der Waals surface area contributed by atoms with Crippen molar-refractivity contribution in [1.29, 1.82) is 0 Å². The van der Waals surface area contributed by atoms with E-state index in [4.69, 9.17) is 4.74 Å². The number of morpholine rings is 1. The maximum atomic E-state index is 9.21. The van der Waals surface area contributed by atoms with E-state index in [1.165, 1.54) is 5.56 Å². The molecule has 15 heavy (non-hydrogen) atoms. The molecular weight excluding hydrogens is 190 g/mol. The molecule has 0 atom stereocenters. The van der Waals surface area contributed by atoms with Crippen LogP contribution in [0.25, 0.3) is 0 Å². The molecule has 2 rings (SSSR count). The van der Waals surface area contributed by atoms with E-state index >= 15 is 0 Å². The second kappa shape index (κ2) is 5.26. The van der Waals surface area contributed by atoms with Gasteiger partial charge in [-0.3, -0.25) is 0 Å². The van der Waals surface area contributed by atoms with Gasteiger partial charge in [-0.15, -0.1) is 0 Å². The lowest BCUT2D eigenvalue weighted by atomic mass is 10.1. The maximum Gasteiger partial charge on any atom is 0.103 e. The average Bonchev–Trinajstić information content (AvgIpc) is 2.31. The van der Waals surface area contributed by atoms with Crippen LogP contribution in [-0.2, 0) is 17.9 Å². The number of benzene rings is 1. The lowest BCUT2D eigenvalue weighted by Gasteiger charge is -2.24. The summed E-state index contributed by atoms with van der Waals surface area (Å²) in [4.78, 5) is 1.54. The zero-order valence-corrected chi connectivity index (χ0v) is 8.91. The predicted octanol–water partition coefficient (Wildman–Crippen LogP) is -0.406. The summed E-state index contributed by atoms with van der Waals surface area (Å²) in [5.41, 5.74) is 2.31. The van der Waals surface area contributed by atoms with Crippen molar-refractivity contribution in [3.05, 3.63) is 35.4 Å². The molecule has 1 aromatic rings. The molecule has 0 amide bonds. The van der Waals surface area contributed by atoms with E-state index < -0.39 is 0 Å².